The fourth-order valence-corrected chi connectivity index (χ4v) is 1.85. The minimum Gasteiger partial charge on any atom is -0.394 e. The number of ether oxygens (including phenoxy) is 1. The van der Waals surface area contributed by atoms with Crippen LogP contribution in [-0.2, 0) is 4.74 Å². The molecule has 0 saturated heterocycles. The highest BCUT2D eigenvalue weighted by Gasteiger charge is 2.14. The molecule has 0 heterocycles. The molecule has 1 unspecified atom stereocenters. The topological polar surface area (TPSA) is 53.2 Å². The summed E-state index contributed by atoms with van der Waals surface area (Å²) in [6, 6.07) is 7.18. The number of rotatable bonds is 4. The molecule has 0 aliphatic carbocycles. The quantitative estimate of drug-likeness (QED) is 0.927. The number of aliphatic hydroxyl groups is 1. The van der Waals surface area contributed by atoms with Gasteiger partial charge in [0.1, 0.15) is 0 Å². The van der Waals surface area contributed by atoms with Gasteiger partial charge in [0.05, 0.1) is 19.3 Å². The van der Waals surface area contributed by atoms with E-state index in [1.807, 2.05) is 6.07 Å². The van der Waals surface area contributed by atoms with Gasteiger partial charge in [-0.15, -0.1) is 0 Å². The monoisotopic (exact) mass is 289 g/mol. The summed E-state index contributed by atoms with van der Waals surface area (Å²) >= 11 is 9.23. The summed E-state index contributed by atoms with van der Waals surface area (Å²) in [4.78, 5) is 0. The average Bonchev–Trinajstić information content (AvgIpc) is 2.21. The van der Waals surface area contributed by atoms with Crippen molar-refractivity contribution >= 4 is 27.5 Å². The zero-order chi connectivity index (χ0) is 11.3. The number of aliphatic hydroxyl groups excluding tert-OH is 1. The second kappa shape index (κ2) is 6.09. The number of nitrogens with zero attached hydrogens (tertiary/aromatic N) is 1. The maximum absolute atomic E-state index is 8.87. The van der Waals surface area contributed by atoms with Crippen molar-refractivity contribution in [2.45, 2.75) is 6.10 Å². The molecule has 1 aromatic rings. The molecule has 1 N–H and O–H groups in total. The molecule has 0 amide bonds. The molecule has 1 aromatic carbocycles. The molecule has 1 atom stereocenters. The van der Waals surface area contributed by atoms with Gasteiger partial charge in [0, 0.05) is 15.1 Å². The third kappa shape index (κ3) is 3.47. The van der Waals surface area contributed by atoms with E-state index in [0.717, 1.165) is 4.47 Å². The Labute approximate surface area is 101 Å². The summed E-state index contributed by atoms with van der Waals surface area (Å²) in [5.74, 6) is 0. The lowest BCUT2D eigenvalue weighted by Gasteiger charge is -2.11. The van der Waals surface area contributed by atoms with Gasteiger partial charge in [-0.1, -0.05) is 33.6 Å². The van der Waals surface area contributed by atoms with Gasteiger partial charge >= 0.3 is 0 Å². The van der Waals surface area contributed by atoms with Crippen LogP contribution in [0.25, 0.3) is 0 Å². The summed E-state index contributed by atoms with van der Waals surface area (Å²) in [6.07, 6.45) is -0.738. The summed E-state index contributed by atoms with van der Waals surface area (Å²) in [5, 5.41) is 17.9. The number of benzene rings is 1. The summed E-state index contributed by atoms with van der Waals surface area (Å²) in [7, 11) is 0. The standard InChI is InChI=1S/C10H9BrClNO2/c11-7-1-2-8(9(12)5-7)10(6-13)15-4-3-14/h1-2,5,10,14H,3-4H2. The maximum atomic E-state index is 8.87. The largest absolute Gasteiger partial charge is 0.394 e. The lowest BCUT2D eigenvalue weighted by Crippen LogP contribution is -2.06. The Morgan fingerprint density at radius 3 is 2.87 bits per heavy atom. The van der Waals surface area contributed by atoms with Crippen molar-refractivity contribution in [1.82, 2.24) is 0 Å². The molecule has 1 rings (SSSR count). The van der Waals surface area contributed by atoms with Crippen molar-refractivity contribution in [3.8, 4) is 6.07 Å². The van der Waals surface area contributed by atoms with Gasteiger partial charge in [0.2, 0.25) is 0 Å². The van der Waals surface area contributed by atoms with E-state index in [0.29, 0.717) is 10.6 Å². The van der Waals surface area contributed by atoms with Gasteiger partial charge in [-0.25, -0.2) is 0 Å². The predicted molar refractivity (Wildman–Crippen MR) is 60.5 cm³/mol. The fraction of sp³-hybridized carbons (Fsp3) is 0.300. The molecular formula is C10H9BrClNO2. The lowest BCUT2D eigenvalue weighted by atomic mass is 10.1. The summed E-state index contributed by atoms with van der Waals surface area (Å²) < 4.78 is 5.98. The molecule has 0 saturated carbocycles. The summed E-state index contributed by atoms with van der Waals surface area (Å²) in [6.45, 7) is -0.00303. The molecule has 80 valence electrons. The third-order valence-corrected chi connectivity index (χ3v) is 2.56. The van der Waals surface area contributed by atoms with E-state index in [1.54, 1.807) is 18.2 Å². The Hall–Kier alpha value is -0.600. The van der Waals surface area contributed by atoms with Crippen molar-refractivity contribution in [2.75, 3.05) is 13.2 Å². The Kier molecular flexibility index (Phi) is 5.06. The van der Waals surface area contributed by atoms with Crippen molar-refractivity contribution in [2.24, 2.45) is 0 Å². The molecule has 0 spiro atoms. The Morgan fingerprint density at radius 2 is 2.33 bits per heavy atom. The van der Waals surface area contributed by atoms with Gasteiger partial charge in [-0.05, 0) is 12.1 Å². The van der Waals surface area contributed by atoms with Gasteiger partial charge in [0.15, 0.2) is 6.10 Å². The van der Waals surface area contributed by atoms with E-state index in [-0.39, 0.29) is 13.2 Å². The Bertz CT molecular complexity index is 378. The van der Waals surface area contributed by atoms with Crippen LogP contribution < -0.4 is 0 Å². The van der Waals surface area contributed by atoms with E-state index in [4.69, 9.17) is 26.7 Å². The minimum absolute atomic E-state index is 0.116. The fourth-order valence-electron chi connectivity index (χ4n) is 1.08. The van der Waals surface area contributed by atoms with Crippen LogP contribution in [0.5, 0.6) is 0 Å². The molecule has 5 heteroatoms. The molecule has 0 bridgehead atoms. The highest BCUT2D eigenvalue weighted by molar-refractivity contribution is 9.10. The second-order valence-corrected chi connectivity index (χ2v) is 4.09. The first kappa shape index (κ1) is 12.5. The van der Waals surface area contributed by atoms with Gasteiger partial charge in [-0.3, -0.25) is 0 Å². The number of nitriles is 1. The zero-order valence-electron chi connectivity index (χ0n) is 7.78. The first-order valence-electron chi connectivity index (χ1n) is 4.26. The number of halogens is 2. The van der Waals surface area contributed by atoms with Crippen LogP contribution >= 0.6 is 27.5 Å². The molecule has 3 nitrogen and oxygen atoms in total. The van der Waals surface area contributed by atoms with E-state index >= 15 is 0 Å². The maximum Gasteiger partial charge on any atom is 0.170 e. The highest BCUT2D eigenvalue weighted by atomic mass is 79.9. The SMILES string of the molecule is N#CC(OCCO)c1ccc(Br)cc1Cl. The number of hydrogen-bond donors (Lipinski definition) is 1. The highest BCUT2D eigenvalue weighted by Crippen LogP contribution is 2.28. The lowest BCUT2D eigenvalue weighted by molar-refractivity contribution is 0.0582. The molecule has 0 radical (unpaired) electrons. The molecule has 0 fully saturated rings. The molecule has 15 heavy (non-hydrogen) atoms. The molecular weight excluding hydrogens is 281 g/mol. The third-order valence-electron chi connectivity index (χ3n) is 1.74. The Morgan fingerprint density at radius 1 is 1.60 bits per heavy atom. The number of hydrogen-bond acceptors (Lipinski definition) is 3. The van der Waals surface area contributed by atoms with Crippen molar-refractivity contribution in [3.63, 3.8) is 0 Å². The first-order valence-corrected chi connectivity index (χ1v) is 5.43. The molecule has 0 aliphatic rings. The van der Waals surface area contributed by atoms with E-state index in [9.17, 15) is 0 Å². The van der Waals surface area contributed by atoms with E-state index in [1.165, 1.54) is 0 Å². The van der Waals surface area contributed by atoms with Crippen molar-refractivity contribution < 1.29 is 9.84 Å². The minimum atomic E-state index is -0.738. The van der Waals surface area contributed by atoms with E-state index in [2.05, 4.69) is 15.9 Å². The Balaban J connectivity index is 2.88. The predicted octanol–water partition coefficient (Wildman–Crippen LogP) is 2.68. The van der Waals surface area contributed by atoms with Gasteiger partial charge in [0.25, 0.3) is 0 Å². The van der Waals surface area contributed by atoms with Crippen LogP contribution in [0.15, 0.2) is 22.7 Å². The summed E-state index contributed by atoms with van der Waals surface area (Å²) in [5.41, 5.74) is 0.607. The second-order valence-electron chi connectivity index (χ2n) is 2.77. The van der Waals surface area contributed by atoms with Crippen LogP contribution in [0.3, 0.4) is 0 Å². The van der Waals surface area contributed by atoms with Crippen LogP contribution in [0.2, 0.25) is 5.02 Å². The van der Waals surface area contributed by atoms with Gasteiger partial charge < -0.3 is 9.84 Å². The zero-order valence-corrected chi connectivity index (χ0v) is 10.1. The van der Waals surface area contributed by atoms with Gasteiger partial charge in [-0.2, -0.15) is 5.26 Å². The smallest absolute Gasteiger partial charge is 0.170 e. The normalized spacial score (nSPS) is 12.1. The van der Waals surface area contributed by atoms with Crippen LogP contribution in [0.4, 0.5) is 0 Å². The molecule has 0 aromatic heterocycles. The van der Waals surface area contributed by atoms with E-state index < -0.39 is 6.10 Å². The average molecular weight is 291 g/mol. The van der Waals surface area contributed by atoms with Crippen LogP contribution in [-0.4, -0.2) is 18.3 Å². The first-order chi connectivity index (χ1) is 7.19. The molecule has 0 aliphatic heterocycles. The van der Waals surface area contributed by atoms with Crippen molar-refractivity contribution in [1.29, 1.82) is 5.26 Å². The van der Waals surface area contributed by atoms with Crippen LogP contribution in [0.1, 0.15) is 11.7 Å². The van der Waals surface area contributed by atoms with Crippen molar-refractivity contribution in [3.05, 3.63) is 33.3 Å². The van der Waals surface area contributed by atoms with Crippen LogP contribution in [0, 0.1) is 11.3 Å².